The molecule has 3 unspecified atom stereocenters. The lowest BCUT2D eigenvalue weighted by Crippen LogP contribution is -2.53. The molecule has 1 saturated carbocycles. The van der Waals surface area contributed by atoms with Gasteiger partial charge in [-0.15, -0.1) is 0 Å². The van der Waals surface area contributed by atoms with Gasteiger partial charge < -0.3 is 10.4 Å². The van der Waals surface area contributed by atoms with E-state index in [-0.39, 0.29) is 11.6 Å². The highest BCUT2D eigenvalue weighted by Gasteiger charge is 2.38. The van der Waals surface area contributed by atoms with Gasteiger partial charge in [0.05, 0.1) is 0 Å². The van der Waals surface area contributed by atoms with Gasteiger partial charge in [0, 0.05) is 11.6 Å². The van der Waals surface area contributed by atoms with Crippen LogP contribution >= 0.6 is 0 Å². The lowest BCUT2D eigenvalue weighted by Gasteiger charge is -2.42. The molecule has 3 atom stereocenters. The molecule has 0 bridgehead atoms. The van der Waals surface area contributed by atoms with Crippen LogP contribution in [0, 0.1) is 11.8 Å². The molecule has 0 aliphatic heterocycles. The highest BCUT2D eigenvalue weighted by atomic mass is 16.5. The van der Waals surface area contributed by atoms with Crippen LogP contribution in [0.5, 0.6) is 0 Å². The third-order valence-electron chi connectivity index (χ3n) is 3.51. The Hall–Kier alpha value is -0.160. The number of hydrogen-bond acceptors (Lipinski definition) is 4. The van der Waals surface area contributed by atoms with Crippen molar-refractivity contribution in [1.29, 1.82) is 0 Å². The molecular weight excluding hydrogens is 180 g/mol. The molecule has 0 aromatic carbocycles. The third-order valence-corrected chi connectivity index (χ3v) is 3.51. The van der Waals surface area contributed by atoms with Crippen molar-refractivity contribution >= 4 is 0 Å². The molecule has 0 amide bonds. The first-order chi connectivity index (χ1) is 6.52. The SMILES string of the molecule is CC(C)C1CCC(C)(NO)CC1NO. The van der Waals surface area contributed by atoms with E-state index in [0.29, 0.717) is 11.8 Å². The van der Waals surface area contributed by atoms with E-state index in [2.05, 4.69) is 24.8 Å². The summed E-state index contributed by atoms with van der Waals surface area (Å²) in [6.45, 7) is 6.32. The summed E-state index contributed by atoms with van der Waals surface area (Å²) >= 11 is 0. The first-order valence-corrected chi connectivity index (χ1v) is 5.33. The van der Waals surface area contributed by atoms with Crippen LogP contribution in [0.1, 0.15) is 40.0 Å². The van der Waals surface area contributed by atoms with Gasteiger partial charge in [0.15, 0.2) is 0 Å². The predicted molar refractivity (Wildman–Crippen MR) is 54.2 cm³/mol. The Kier molecular flexibility index (Phi) is 3.89. The normalized spacial score (nSPS) is 39.0. The molecule has 14 heavy (non-hydrogen) atoms. The topological polar surface area (TPSA) is 64.5 Å². The van der Waals surface area contributed by atoms with E-state index in [4.69, 9.17) is 10.4 Å². The second-order valence-electron chi connectivity index (χ2n) is 5.06. The van der Waals surface area contributed by atoms with E-state index in [1.165, 1.54) is 0 Å². The molecule has 4 heteroatoms. The van der Waals surface area contributed by atoms with Gasteiger partial charge in [-0.3, -0.25) is 0 Å². The maximum absolute atomic E-state index is 9.08. The van der Waals surface area contributed by atoms with Crippen molar-refractivity contribution in [3.63, 3.8) is 0 Å². The zero-order valence-electron chi connectivity index (χ0n) is 9.25. The van der Waals surface area contributed by atoms with E-state index in [9.17, 15) is 0 Å². The molecule has 4 nitrogen and oxygen atoms in total. The van der Waals surface area contributed by atoms with Gasteiger partial charge in [-0.1, -0.05) is 13.8 Å². The summed E-state index contributed by atoms with van der Waals surface area (Å²) in [5.74, 6) is 1.05. The summed E-state index contributed by atoms with van der Waals surface area (Å²) in [5.41, 5.74) is 4.47. The van der Waals surface area contributed by atoms with Crippen LogP contribution in [0.4, 0.5) is 0 Å². The highest BCUT2D eigenvalue weighted by Crippen LogP contribution is 2.35. The van der Waals surface area contributed by atoms with Crippen LogP contribution in [0.25, 0.3) is 0 Å². The zero-order valence-corrected chi connectivity index (χ0v) is 9.25. The third kappa shape index (κ3) is 2.45. The quantitative estimate of drug-likeness (QED) is 0.524. The van der Waals surface area contributed by atoms with Crippen LogP contribution in [-0.2, 0) is 0 Å². The van der Waals surface area contributed by atoms with Crippen molar-refractivity contribution in [3.8, 4) is 0 Å². The number of hydrogen-bond donors (Lipinski definition) is 4. The largest absolute Gasteiger partial charge is 0.317 e. The van der Waals surface area contributed by atoms with Crippen molar-refractivity contribution in [2.75, 3.05) is 0 Å². The Morgan fingerprint density at radius 3 is 2.43 bits per heavy atom. The number of hydroxylamine groups is 2. The minimum atomic E-state index is -0.258. The minimum absolute atomic E-state index is 0.0772. The summed E-state index contributed by atoms with van der Waals surface area (Å²) in [4.78, 5) is 0. The molecular formula is C10H22N2O2. The second kappa shape index (κ2) is 4.57. The van der Waals surface area contributed by atoms with Gasteiger partial charge in [0.2, 0.25) is 0 Å². The predicted octanol–water partition coefficient (Wildman–Crippen LogP) is 1.53. The molecule has 4 N–H and O–H groups in total. The van der Waals surface area contributed by atoms with E-state index in [1.54, 1.807) is 0 Å². The highest BCUT2D eigenvalue weighted by molar-refractivity contribution is 4.94. The molecule has 1 aliphatic rings. The van der Waals surface area contributed by atoms with E-state index < -0.39 is 0 Å². The van der Waals surface area contributed by atoms with E-state index in [0.717, 1.165) is 19.3 Å². The molecule has 84 valence electrons. The summed E-state index contributed by atoms with van der Waals surface area (Å²) in [6.07, 6.45) is 2.73. The monoisotopic (exact) mass is 202 g/mol. The Morgan fingerprint density at radius 1 is 1.36 bits per heavy atom. The smallest absolute Gasteiger partial charge is 0.0417 e. The van der Waals surface area contributed by atoms with Crippen LogP contribution < -0.4 is 11.0 Å². The maximum Gasteiger partial charge on any atom is 0.0417 e. The number of rotatable bonds is 3. The molecule has 0 heterocycles. The van der Waals surface area contributed by atoms with Gasteiger partial charge in [-0.05, 0) is 38.0 Å². The van der Waals surface area contributed by atoms with Crippen LogP contribution in [0.15, 0.2) is 0 Å². The molecule has 1 aliphatic carbocycles. The van der Waals surface area contributed by atoms with Crippen molar-refractivity contribution < 1.29 is 10.4 Å². The van der Waals surface area contributed by atoms with Crippen molar-refractivity contribution in [2.45, 2.75) is 51.6 Å². The average molecular weight is 202 g/mol. The van der Waals surface area contributed by atoms with Gasteiger partial charge in [-0.25, -0.2) is 5.48 Å². The lowest BCUT2D eigenvalue weighted by atomic mass is 9.71. The molecule has 0 aromatic rings. The minimum Gasteiger partial charge on any atom is -0.317 e. The summed E-state index contributed by atoms with van der Waals surface area (Å²) < 4.78 is 0. The molecule has 1 fully saturated rings. The first kappa shape index (κ1) is 11.9. The molecule has 0 aromatic heterocycles. The summed E-state index contributed by atoms with van der Waals surface area (Å²) in [7, 11) is 0. The maximum atomic E-state index is 9.08. The fraction of sp³-hybridized carbons (Fsp3) is 1.00. The second-order valence-corrected chi connectivity index (χ2v) is 5.06. The fourth-order valence-corrected chi connectivity index (χ4v) is 2.47. The van der Waals surface area contributed by atoms with E-state index in [1.807, 2.05) is 6.92 Å². The van der Waals surface area contributed by atoms with Crippen molar-refractivity contribution in [1.82, 2.24) is 11.0 Å². The molecule has 0 spiro atoms. The van der Waals surface area contributed by atoms with Gasteiger partial charge >= 0.3 is 0 Å². The van der Waals surface area contributed by atoms with Crippen LogP contribution in [0.2, 0.25) is 0 Å². The van der Waals surface area contributed by atoms with Crippen molar-refractivity contribution in [2.24, 2.45) is 11.8 Å². The lowest BCUT2D eigenvalue weighted by molar-refractivity contribution is -0.0155. The van der Waals surface area contributed by atoms with Crippen LogP contribution in [0.3, 0.4) is 0 Å². The standard InChI is InChI=1S/C10H22N2O2/c1-7(2)8-4-5-10(3,12-14)6-9(8)11-13/h7-9,11-14H,4-6H2,1-3H3. The Labute approximate surface area is 85.6 Å². The Bertz CT molecular complexity index is 187. The summed E-state index contributed by atoms with van der Waals surface area (Å²) in [6, 6.07) is 0.0772. The average Bonchev–Trinajstić information content (AvgIpc) is 2.17. The van der Waals surface area contributed by atoms with E-state index >= 15 is 0 Å². The van der Waals surface area contributed by atoms with Gasteiger partial charge in [0.25, 0.3) is 0 Å². The Balaban J connectivity index is 2.63. The van der Waals surface area contributed by atoms with Gasteiger partial charge in [-0.2, -0.15) is 5.48 Å². The molecule has 1 rings (SSSR count). The number of nitrogens with one attached hydrogen (secondary N) is 2. The van der Waals surface area contributed by atoms with Gasteiger partial charge in [0.1, 0.15) is 0 Å². The molecule has 0 radical (unpaired) electrons. The summed E-state index contributed by atoms with van der Waals surface area (Å²) in [5, 5.41) is 18.1. The fourth-order valence-electron chi connectivity index (χ4n) is 2.47. The van der Waals surface area contributed by atoms with Crippen LogP contribution in [-0.4, -0.2) is 22.0 Å². The first-order valence-electron chi connectivity index (χ1n) is 5.33. The molecule has 0 saturated heterocycles. The van der Waals surface area contributed by atoms with Crippen molar-refractivity contribution in [3.05, 3.63) is 0 Å². The zero-order chi connectivity index (χ0) is 10.8. The Morgan fingerprint density at radius 2 is 2.00 bits per heavy atom.